The zero-order valence-electron chi connectivity index (χ0n) is 9.99. The predicted octanol–water partition coefficient (Wildman–Crippen LogP) is -2.08. The first-order valence-electron chi connectivity index (χ1n) is 5.05. The van der Waals surface area contributed by atoms with Gasteiger partial charge in [-0.15, -0.1) is 0 Å². The number of hydrogen-bond acceptors (Lipinski definition) is 3. The van der Waals surface area contributed by atoms with Crippen molar-refractivity contribution in [2.45, 2.75) is 30.7 Å². The van der Waals surface area contributed by atoms with Gasteiger partial charge < -0.3 is 0 Å². The molecule has 0 saturated carbocycles. The first-order chi connectivity index (χ1) is 7.40. The summed E-state index contributed by atoms with van der Waals surface area (Å²) in [6.45, 7) is 6.01. The summed E-state index contributed by atoms with van der Waals surface area (Å²) < 4.78 is 2.02. The molecule has 0 fully saturated rings. The number of halogens is 1. The fraction of sp³-hybridized carbons (Fsp3) is 0.600. The number of alkyl halides is 2. The number of nitrogen functional groups attached to an aromatic ring is 1. The van der Waals surface area contributed by atoms with Crippen molar-refractivity contribution in [1.29, 1.82) is 0 Å². The summed E-state index contributed by atoms with van der Waals surface area (Å²) in [6.07, 6.45) is 0. The molecule has 0 spiro atoms. The van der Waals surface area contributed by atoms with E-state index in [0.29, 0.717) is 17.1 Å². The molecule has 1 aromatic heterocycles. The van der Waals surface area contributed by atoms with E-state index in [1.807, 2.05) is 13.8 Å². The van der Waals surface area contributed by atoms with Gasteiger partial charge in [-0.05, 0) is 0 Å². The molecule has 1 heterocycles. The van der Waals surface area contributed by atoms with Gasteiger partial charge in [0.1, 0.15) is 0 Å². The first kappa shape index (κ1) is 13.3. The molecule has 0 aliphatic rings. The van der Waals surface area contributed by atoms with Crippen molar-refractivity contribution in [3.05, 3.63) is 11.3 Å². The van der Waals surface area contributed by atoms with Gasteiger partial charge in [0.05, 0.1) is 0 Å². The van der Waals surface area contributed by atoms with Crippen molar-refractivity contribution in [3.63, 3.8) is 0 Å². The van der Waals surface area contributed by atoms with Gasteiger partial charge in [-0.3, -0.25) is 0 Å². The number of carbonyl (C=O) groups excluding carboxylic acids is 1. The van der Waals surface area contributed by atoms with Crippen LogP contribution in [-0.4, -0.2) is 20.6 Å². The van der Waals surface area contributed by atoms with Crippen molar-refractivity contribution in [2.75, 3.05) is 10.7 Å². The van der Waals surface area contributed by atoms with Gasteiger partial charge in [0.25, 0.3) is 0 Å². The molecular weight excluding hydrogens is 319 g/mol. The fourth-order valence-corrected chi connectivity index (χ4v) is 2.44. The van der Waals surface area contributed by atoms with Crippen molar-refractivity contribution in [1.82, 2.24) is 9.78 Å². The van der Waals surface area contributed by atoms with E-state index in [2.05, 4.69) is 17.0 Å². The third-order valence-electron chi connectivity index (χ3n) is 2.42. The van der Waals surface area contributed by atoms with E-state index in [9.17, 15) is 4.79 Å². The molecule has 4 N–H and O–H groups in total. The van der Waals surface area contributed by atoms with Crippen LogP contribution in [0.3, 0.4) is 0 Å². The Balaban J connectivity index is 3.35. The van der Waals surface area contributed by atoms with E-state index < -0.39 is 5.91 Å². The molecule has 0 aliphatic heterocycles. The number of aromatic nitrogens is 2. The van der Waals surface area contributed by atoms with Gasteiger partial charge in [-0.2, -0.15) is 0 Å². The third-order valence-corrected chi connectivity index (χ3v) is 4.75. The summed E-state index contributed by atoms with van der Waals surface area (Å²) in [5, 5.41) is 4.42. The summed E-state index contributed by atoms with van der Waals surface area (Å²) in [6, 6.07) is 0. The second-order valence-electron chi connectivity index (χ2n) is 3.90. The van der Waals surface area contributed by atoms with Gasteiger partial charge in [-0.1, -0.05) is 0 Å². The molecule has 0 saturated heterocycles. The van der Waals surface area contributed by atoms with Crippen molar-refractivity contribution in [3.8, 4) is 0 Å². The van der Waals surface area contributed by atoms with Crippen LogP contribution in [0.4, 0.5) is 5.82 Å². The van der Waals surface area contributed by atoms with Crippen molar-refractivity contribution < 1.29 is 26.0 Å². The van der Waals surface area contributed by atoms with Crippen LogP contribution in [0.2, 0.25) is 0 Å². The molecule has 1 rings (SSSR count). The average Bonchev–Trinajstić information content (AvgIpc) is 2.55. The second-order valence-corrected chi connectivity index (χ2v) is 6.95. The van der Waals surface area contributed by atoms with E-state index in [0.717, 1.165) is 0 Å². The molecule has 1 aromatic rings. The Morgan fingerprint density at radius 3 is 2.31 bits per heavy atom. The van der Waals surface area contributed by atoms with Crippen molar-refractivity contribution in [2.24, 2.45) is 5.73 Å². The minimum absolute atomic E-state index is 0.0216. The zero-order valence-corrected chi connectivity index (χ0v) is 12.1. The van der Waals surface area contributed by atoms with Crippen LogP contribution in [0.5, 0.6) is 0 Å². The summed E-state index contributed by atoms with van der Waals surface area (Å²) in [4.78, 5) is 13.5. The molecule has 6 heteroatoms. The average molecular weight is 337 g/mol. The van der Waals surface area contributed by atoms with Crippen LogP contribution in [0.1, 0.15) is 46.8 Å². The van der Waals surface area contributed by atoms with Crippen LogP contribution < -0.4 is 32.7 Å². The summed E-state index contributed by atoms with van der Waals surface area (Å²) in [5.41, 5.74) is 12.4. The van der Waals surface area contributed by atoms with Crippen LogP contribution in [0.25, 0.3) is 0 Å². The Morgan fingerprint density at radius 2 is 2.00 bits per heavy atom. The molecule has 0 aromatic carbocycles. The van der Waals surface area contributed by atoms with E-state index in [4.69, 9.17) is 11.5 Å². The van der Waals surface area contributed by atoms with E-state index in [1.54, 1.807) is 4.68 Å². The number of nitrogens with zero attached hydrogens (tertiary/aromatic N) is 2. The van der Waals surface area contributed by atoms with Crippen LogP contribution in [-0.2, 0) is 0 Å². The molecule has 1 amide bonds. The standard InChI is InChI=1S/C10H18IN4O/c1-5(2)8-7(10(13)16)9(12)15(14-8)6(3)11-4/h5-6H,12H2,1-4H3,(H2,13,16)/q-1. The van der Waals surface area contributed by atoms with Gasteiger partial charge in [0, 0.05) is 0 Å². The van der Waals surface area contributed by atoms with E-state index in [-0.39, 0.29) is 31.2 Å². The van der Waals surface area contributed by atoms with E-state index >= 15 is 0 Å². The Labute approximate surface area is 106 Å². The van der Waals surface area contributed by atoms with E-state index in [1.165, 1.54) is 0 Å². The van der Waals surface area contributed by atoms with Gasteiger partial charge in [0.15, 0.2) is 0 Å². The summed E-state index contributed by atoms with van der Waals surface area (Å²) >= 11 is -0.0216. The first-order valence-corrected chi connectivity index (χ1v) is 8.46. The van der Waals surface area contributed by atoms with Gasteiger partial charge in [-0.25, -0.2) is 0 Å². The second kappa shape index (κ2) is 5.03. The normalized spacial score (nSPS) is 13.3. The number of carbonyl (C=O) groups is 1. The number of hydrogen-bond donors (Lipinski definition) is 2. The summed E-state index contributed by atoms with van der Waals surface area (Å²) in [7, 11) is 0. The van der Waals surface area contributed by atoms with Crippen LogP contribution >= 0.6 is 0 Å². The topological polar surface area (TPSA) is 86.9 Å². The summed E-state index contributed by atoms with van der Waals surface area (Å²) in [5.74, 6) is 0.0625. The molecule has 1 unspecified atom stereocenters. The maximum absolute atomic E-state index is 11.4. The number of nitrogens with two attached hydrogens (primary N) is 2. The zero-order chi connectivity index (χ0) is 12.5. The number of rotatable bonds is 4. The van der Waals surface area contributed by atoms with Crippen LogP contribution in [0.15, 0.2) is 0 Å². The SMILES string of the molecule is C[I-]C(C)n1nc(C(C)C)c(C(N)=O)c1N. The van der Waals surface area contributed by atoms with Gasteiger partial charge >= 0.3 is 106 Å². The molecule has 0 aliphatic carbocycles. The molecule has 16 heavy (non-hydrogen) atoms. The Morgan fingerprint density at radius 1 is 1.44 bits per heavy atom. The molecule has 0 bridgehead atoms. The van der Waals surface area contributed by atoms with Crippen molar-refractivity contribution >= 4 is 11.7 Å². The molecule has 92 valence electrons. The number of primary amides is 1. The quantitative estimate of drug-likeness (QED) is 0.489. The number of anilines is 1. The monoisotopic (exact) mass is 337 g/mol. The molecule has 5 nitrogen and oxygen atoms in total. The Hall–Kier alpha value is -0.790. The number of amides is 1. The third kappa shape index (κ3) is 2.31. The predicted molar refractivity (Wildman–Crippen MR) is 59.9 cm³/mol. The molecule has 1 atom stereocenters. The molecule has 0 radical (unpaired) electrons. The maximum atomic E-state index is 11.4. The van der Waals surface area contributed by atoms with Crippen LogP contribution in [0, 0.1) is 0 Å². The Kier molecular flexibility index (Phi) is 4.17. The molecular formula is C10H18IN4O-. The van der Waals surface area contributed by atoms with Gasteiger partial charge in [0.2, 0.25) is 0 Å². The fourth-order valence-electron chi connectivity index (χ4n) is 1.49. The Bertz CT molecular complexity index is 400. The minimum atomic E-state index is -0.492.